The Kier molecular flexibility index (Phi) is 4.35. The summed E-state index contributed by atoms with van der Waals surface area (Å²) in [7, 11) is 0. The molecule has 0 aliphatic heterocycles. The molecule has 0 bridgehead atoms. The molecule has 0 fully saturated rings. The van der Waals surface area contributed by atoms with Crippen LogP contribution in [0.2, 0.25) is 0 Å². The SMILES string of the molecule is C[C@@H](O)c1cc(Br)cc([N+](=O)[O-])c1OCc1ccno1. The second kappa shape index (κ2) is 6.02. The number of nitro benzene ring substituents is 1. The molecule has 7 nitrogen and oxygen atoms in total. The zero-order valence-electron chi connectivity index (χ0n) is 10.4. The van der Waals surface area contributed by atoms with Gasteiger partial charge in [-0.3, -0.25) is 10.1 Å². The molecule has 0 unspecified atom stereocenters. The number of aromatic nitrogens is 1. The van der Waals surface area contributed by atoms with E-state index in [0.717, 1.165) is 0 Å². The summed E-state index contributed by atoms with van der Waals surface area (Å²) in [6.45, 7) is 1.50. The maximum atomic E-state index is 11.1. The molecule has 1 atom stereocenters. The highest BCUT2D eigenvalue weighted by Crippen LogP contribution is 2.38. The lowest BCUT2D eigenvalue weighted by atomic mass is 10.1. The lowest BCUT2D eigenvalue weighted by Gasteiger charge is -2.13. The van der Waals surface area contributed by atoms with Crippen molar-refractivity contribution in [2.45, 2.75) is 19.6 Å². The van der Waals surface area contributed by atoms with Gasteiger partial charge in [-0.2, -0.15) is 0 Å². The van der Waals surface area contributed by atoms with Gasteiger partial charge in [-0.05, 0) is 13.0 Å². The van der Waals surface area contributed by atoms with E-state index in [-0.39, 0.29) is 18.0 Å². The summed E-state index contributed by atoms with van der Waals surface area (Å²) in [4.78, 5) is 10.5. The third kappa shape index (κ3) is 3.14. The smallest absolute Gasteiger partial charge is 0.312 e. The Balaban J connectivity index is 2.39. The molecule has 1 aromatic carbocycles. The fourth-order valence-electron chi connectivity index (χ4n) is 1.66. The highest BCUT2D eigenvalue weighted by molar-refractivity contribution is 9.10. The van der Waals surface area contributed by atoms with E-state index in [0.29, 0.717) is 15.8 Å². The first kappa shape index (κ1) is 14.5. The second-order valence-corrected chi connectivity index (χ2v) is 4.96. The first-order valence-corrected chi connectivity index (χ1v) is 6.46. The van der Waals surface area contributed by atoms with E-state index >= 15 is 0 Å². The van der Waals surface area contributed by atoms with Gasteiger partial charge in [0.2, 0.25) is 5.75 Å². The highest BCUT2D eigenvalue weighted by Gasteiger charge is 2.23. The summed E-state index contributed by atoms with van der Waals surface area (Å²) in [5.41, 5.74) is 0.0976. The molecule has 1 N–H and O–H groups in total. The molecule has 0 saturated carbocycles. The van der Waals surface area contributed by atoms with E-state index in [2.05, 4.69) is 21.1 Å². The van der Waals surface area contributed by atoms with Crippen LogP contribution in [0.5, 0.6) is 5.75 Å². The minimum atomic E-state index is -0.907. The number of hydrogen-bond donors (Lipinski definition) is 1. The Morgan fingerprint density at radius 1 is 1.60 bits per heavy atom. The summed E-state index contributed by atoms with van der Waals surface area (Å²) in [6.07, 6.45) is 0.542. The standard InChI is InChI=1S/C12H11BrN2O5/c1-7(16)10-4-8(13)5-11(15(17)18)12(10)19-6-9-2-3-14-20-9/h2-5,7,16H,6H2,1H3/t7-/m1/s1. The van der Waals surface area contributed by atoms with Crippen LogP contribution in [-0.4, -0.2) is 15.2 Å². The molecule has 0 saturated heterocycles. The molecule has 2 rings (SSSR count). The van der Waals surface area contributed by atoms with Crippen molar-refractivity contribution in [3.05, 3.63) is 50.3 Å². The van der Waals surface area contributed by atoms with E-state index in [9.17, 15) is 15.2 Å². The molecule has 20 heavy (non-hydrogen) atoms. The summed E-state index contributed by atoms with van der Waals surface area (Å²) < 4.78 is 10.8. The fraction of sp³-hybridized carbons (Fsp3) is 0.250. The van der Waals surface area contributed by atoms with Crippen molar-refractivity contribution in [1.82, 2.24) is 5.16 Å². The van der Waals surface area contributed by atoms with Gasteiger partial charge in [-0.25, -0.2) is 0 Å². The van der Waals surface area contributed by atoms with E-state index < -0.39 is 11.0 Å². The van der Waals surface area contributed by atoms with Crippen molar-refractivity contribution < 1.29 is 19.3 Å². The molecular formula is C12H11BrN2O5. The Morgan fingerprint density at radius 2 is 2.35 bits per heavy atom. The van der Waals surface area contributed by atoms with Crippen LogP contribution in [0, 0.1) is 10.1 Å². The number of ether oxygens (including phenoxy) is 1. The van der Waals surface area contributed by atoms with Gasteiger partial charge in [0.1, 0.15) is 6.61 Å². The predicted molar refractivity (Wildman–Crippen MR) is 72.3 cm³/mol. The van der Waals surface area contributed by atoms with Gasteiger partial charge in [-0.1, -0.05) is 21.1 Å². The lowest BCUT2D eigenvalue weighted by molar-refractivity contribution is -0.386. The van der Waals surface area contributed by atoms with Crippen LogP contribution in [0.1, 0.15) is 24.4 Å². The van der Waals surface area contributed by atoms with Crippen LogP contribution in [0.15, 0.2) is 33.4 Å². The summed E-state index contributed by atoms with van der Waals surface area (Å²) in [5, 5.41) is 24.3. The summed E-state index contributed by atoms with van der Waals surface area (Å²) in [5.74, 6) is 0.448. The lowest BCUT2D eigenvalue weighted by Crippen LogP contribution is -2.04. The molecule has 106 valence electrons. The van der Waals surface area contributed by atoms with Gasteiger partial charge in [0.05, 0.1) is 17.2 Å². The molecule has 0 amide bonds. The number of halogens is 1. The molecule has 1 heterocycles. The molecule has 1 aromatic heterocycles. The van der Waals surface area contributed by atoms with Crippen molar-refractivity contribution in [3.8, 4) is 5.75 Å². The molecule has 2 aromatic rings. The second-order valence-electron chi connectivity index (χ2n) is 4.04. The molecular weight excluding hydrogens is 332 g/mol. The van der Waals surface area contributed by atoms with E-state index in [1.54, 1.807) is 12.1 Å². The molecule has 0 radical (unpaired) electrons. The number of rotatable bonds is 5. The van der Waals surface area contributed by atoms with Gasteiger partial charge in [-0.15, -0.1) is 0 Å². The average molecular weight is 343 g/mol. The van der Waals surface area contributed by atoms with Gasteiger partial charge in [0.15, 0.2) is 5.76 Å². The van der Waals surface area contributed by atoms with Crippen LogP contribution in [-0.2, 0) is 6.61 Å². The summed E-state index contributed by atoms with van der Waals surface area (Å²) in [6, 6.07) is 4.49. The molecule has 0 aliphatic rings. The number of aliphatic hydroxyl groups is 1. The zero-order valence-corrected chi connectivity index (χ0v) is 12.0. The zero-order chi connectivity index (χ0) is 14.7. The van der Waals surface area contributed by atoms with Crippen molar-refractivity contribution in [2.75, 3.05) is 0 Å². The van der Waals surface area contributed by atoms with E-state index in [4.69, 9.17) is 9.26 Å². The van der Waals surface area contributed by atoms with Crippen molar-refractivity contribution >= 4 is 21.6 Å². The Morgan fingerprint density at radius 3 is 2.90 bits per heavy atom. The van der Waals surface area contributed by atoms with Gasteiger partial charge in [0.25, 0.3) is 0 Å². The molecule has 0 spiro atoms. The van der Waals surface area contributed by atoms with Crippen LogP contribution >= 0.6 is 15.9 Å². The Hall–Kier alpha value is -1.93. The normalized spacial score (nSPS) is 12.2. The van der Waals surface area contributed by atoms with Crippen LogP contribution in [0.3, 0.4) is 0 Å². The maximum absolute atomic E-state index is 11.1. The average Bonchev–Trinajstić information content (AvgIpc) is 2.89. The quantitative estimate of drug-likeness (QED) is 0.662. The first-order valence-electron chi connectivity index (χ1n) is 5.67. The largest absolute Gasteiger partial charge is 0.478 e. The maximum Gasteiger partial charge on any atom is 0.312 e. The van der Waals surface area contributed by atoms with E-state index in [1.165, 1.54) is 19.2 Å². The topological polar surface area (TPSA) is 98.6 Å². The number of benzene rings is 1. The van der Waals surface area contributed by atoms with Gasteiger partial charge in [0, 0.05) is 22.2 Å². The third-order valence-electron chi connectivity index (χ3n) is 2.56. The van der Waals surface area contributed by atoms with E-state index in [1.807, 2.05) is 0 Å². The first-order chi connectivity index (χ1) is 9.49. The van der Waals surface area contributed by atoms with Gasteiger partial charge >= 0.3 is 5.69 Å². The van der Waals surface area contributed by atoms with Crippen LogP contribution < -0.4 is 4.74 Å². The number of nitrogens with zero attached hydrogens (tertiary/aromatic N) is 2. The minimum absolute atomic E-state index is 0.0117. The van der Waals surface area contributed by atoms with Crippen LogP contribution in [0.25, 0.3) is 0 Å². The van der Waals surface area contributed by atoms with Crippen molar-refractivity contribution in [2.24, 2.45) is 0 Å². The molecule has 8 heteroatoms. The van der Waals surface area contributed by atoms with Crippen molar-refractivity contribution in [1.29, 1.82) is 0 Å². The Labute approximate surface area is 122 Å². The number of nitro groups is 1. The Bertz CT molecular complexity index is 613. The highest BCUT2D eigenvalue weighted by atomic mass is 79.9. The minimum Gasteiger partial charge on any atom is -0.478 e. The monoisotopic (exact) mass is 342 g/mol. The van der Waals surface area contributed by atoms with Gasteiger partial charge < -0.3 is 14.4 Å². The fourth-order valence-corrected chi connectivity index (χ4v) is 2.13. The van der Waals surface area contributed by atoms with Crippen molar-refractivity contribution in [3.63, 3.8) is 0 Å². The number of hydrogen-bond acceptors (Lipinski definition) is 6. The molecule has 0 aliphatic carbocycles. The third-order valence-corrected chi connectivity index (χ3v) is 3.02. The predicted octanol–water partition coefficient (Wildman–Crippen LogP) is 2.98. The number of aliphatic hydroxyl groups excluding tert-OH is 1. The van der Waals surface area contributed by atoms with Crippen LogP contribution in [0.4, 0.5) is 5.69 Å². The summed E-state index contributed by atoms with van der Waals surface area (Å²) >= 11 is 3.17.